The van der Waals surface area contributed by atoms with Gasteiger partial charge in [0.15, 0.2) is 0 Å². The first-order valence-corrected chi connectivity index (χ1v) is 3.25. The first kappa shape index (κ1) is 10.3. The Morgan fingerprint density at radius 1 is 1.78 bits per heavy atom. The fourth-order valence-electron chi connectivity index (χ4n) is 0.321. The molecule has 1 rings (SSSR count). The van der Waals surface area contributed by atoms with E-state index in [9.17, 15) is 4.79 Å². The largest absolute Gasteiger partial charge is 0.281 e. The molecule has 0 amide bonds. The molecule has 1 aromatic rings. The summed E-state index contributed by atoms with van der Waals surface area (Å²) in [6, 6.07) is 0. The SMILES string of the molecule is O=C(S)c1cncs1.[K]. The van der Waals surface area contributed by atoms with E-state index in [-0.39, 0.29) is 56.5 Å². The molecule has 0 saturated carbocycles. The van der Waals surface area contributed by atoms with Crippen molar-refractivity contribution in [2.24, 2.45) is 0 Å². The second-order valence-electron chi connectivity index (χ2n) is 1.17. The van der Waals surface area contributed by atoms with Crippen LogP contribution in [0.25, 0.3) is 0 Å². The molecule has 0 unspecified atom stereocenters. The fourth-order valence-corrected chi connectivity index (χ4v) is 0.995. The molecule has 0 aliphatic heterocycles. The summed E-state index contributed by atoms with van der Waals surface area (Å²) in [7, 11) is 0. The number of hydrogen-bond donors (Lipinski definition) is 1. The Morgan fingerprint density at radius 2 is 2.44 bits per heavy atom. The van der Waals surface area contributed by atoms with E-state index in [0.717, 1.165) is 0 Å². The summed E-state index contributed by atoms with van der Waals surface area (Å²) in [4.78, 5) is 14.6. The van der Waals surface area contributed by atoms with Crippen LogP contribution in [-0.2, 0) is 0 Å². The molecule has 0 aliphatic carbocycles. The van der Waals surface area contributed by atoms with Gasteiger partial charge in [0.1, 0.15) is 4.88 Å². The summed E-state index contributed by atoms with van der Waals surface area (Å²) in [5.74, 6) is 0. The van der Waals surface area contributed by atoms with Gasteiger partial charge in [0, 0.05) is 57.6 Å². The van der Waals surface area contributed by atoms with E-state index in [0.29, 0.717) is 4.88 Å². The van der Waals surface area contributed by atoms with Gasteiger partial charge in [-0.1, -0.05) is 12.6 Å². The van der Waals surface area contributed by atoms with E-state index < -0.39 is 0 Å². The van der Waals surface area contributed by atoms with Crippen molar-refractivity contribution in [2.45, 2.75) is 0 Å². The third-order valence-electron chi connectivity index (χ3n) is 0.643. The number of nitrogens with zero attached hydrogens (tertiary/aromatic N) is 1. The minimum Gasteiger partial charge on any atom is -0.281 e. The normalized spacial score (nSPS) is 8.11. The van der Waals surface area contributed by atoms with Crippen molar-refractivity contribution in [2.75, 3.05) is 0 Å². The van der Waals surface area contributed by atoms with Crippen molar-refractivity contribution >= 4 is 80.5 Å². The molecule has 2 nitrogen and oxygen atoms in total. The van der Waals surface area contributed by atoms with Crippen LogP contribution in [0.1, 0.15) is 9.67 Å². The summed E-state index contributed by atoms with van der Waals surface area (Å²) >= 11 is 4.88. The summed E-state index contributed by atoms with van der Waals surface area (Å²) < 4.78 is 0. The van der Waals surface area contributed by atoms with E-state index in [4.69, 9.17) is 0 Å². The summed E-state index contributed by atoms with van der Waals surface area (Å²) in [6.07, 6.45) is 1.50. The minimum atomic E-state index is -0.215. The maximum atomic E-state index is 10.3. The molecule has 0 spiro atoms. The number of carbonyl (C=O) groups is 1. The van der Waals surface area contributed by atoms with Gasteiger partial charge in [-0.15, -0.1) is 11.3 Å². The Hall–Kier alpha value is 1.29. The van der Waals surface area contributed by atoms with Gasteiger partial charge in [0.05, 0.1) is 5.51 Å². The van der Waals surface area contributed by atoms with Crippen LogP contribution in [0.3, 0.4) is 0 Å². The van der Waals surface area contributed by atoms with Crippen LogP contribution in [0.2, 0.25) is 0 Å². The van der Waals surface area contributed by atoms with Gasteiger partial charge in [-0.25, -0.2) is 0 Å². The third-order valence-corrected chi connectivity index (χ3v) is 1.81. The van der Waals surface area contributed by atoms with Gasteiger partial charge in [-0.05, 0) is 0 Å². The second kappa shape index (κ2) is 5.01. The summed E-state index contributed by atoms with van der Waals surface area (Å²) in [5.41, 5.74) is 1.60. The number of hydrogen-bond acceptors (Lipinski definition) is 3. The Morgan fingerprint density at radius 3 is 2.67 bits per heavy atom. The van der Waals surface area contributed by atoms with Crippen LogP contribution in [0.5, 0.6) is 0 Å². The van der Waals surface area contributed by atoms with E-state index in [2.05, 4.69) is 17.6 Å². The van der Waals surface area contributed by atoms with E-state index in [1.54, 1.807) is 5.51 Å². The van der Waals surface area contributed by atoms with E-state index >= 15 is 0 Å². The molecule has 0 atom stereocenters. The molecule has 0 aromatic carbocycles. The maximum Gasteiger partial charge on any atom is 0.227 e. The van der Waals surface area contributed by atoms with Crippen molar-refractivity contribution in [1.82, 2.24) is 4.98 Å². The van der Waals surface area contributed by atoms with Gasteiger partial charge in [-0.2, -0.15) is 0 Å². The number of thiol groups is 1. The Balaban J connectivity index is 0.000000640. The summed E-state index contributed by atoms with van der Waals surface area (Å²) in [5, 5.41) is -0.215. The smallest absolute Gasteiger partial charge is 0.227 e. The van der Waals surface area contributed by atoms with Crippen LogP contribution < -0.4 is 0 Å². The maximum absolute atomic E-state index is 10.3. The van der Waals surface area contributed by atoms with Crippen molar-refractivity contribution in [3.8, 4) is 0 Å². The quantitative estimate of drug-likeness (QED) is 0.517. The molecule has 0 fully saturated rings. The minimum absolute atomic E-state index is 0. The molecular weight excluding hydrogens is 181 g/mol. The molecule has 0 bridgehead atoms. The number of thiazole rings is 1. The molecule has 9 heavy (non-hydrogen) atoms. The topological polar surface area (TPSA) is 30.0 Å². The average molecular weight is 184 g/mol. The van der Waals surface area contributed by atoms with Crippen LogP contribution in [0.4, 0.5) is 0 Å². The number of aromatic nitrogens is 1. The standard InChI is InChI=1S/C4H3NOS2.K/c6-4(7)3-1-5-2-8-3;/h1-2H,(H,6,7);. The molecule has 0 N–H and O–H groups in total. The first-order chi connectivity index (χ1) is 3.80. The predicted octanol–water partition coefficient (Wildman–Crippen LogP) is 0.832. The van der Waals surface area contributed by atoms with Crippen LogP contribution in [0, 0.1) is 0 Å². The second-order valence-corrected chi connectivity index (χ2v) is 2.46. The Kier molecular flexibility index (Phi) is 5.72. The first-order valence-electron chi connectivity index (χ1n) is 1.92. The van der Waals surface area contributed by atoms with Crippen molar-refractivity contribution in [3.05, 3.63) is 16.6 Å². The van der Waals surface area contributed by atoms with Crippen molar-refractivity contribution in [3.63, 3.8) is 0 Å². The molecule has 43 valence electrons. The zero-order valence-corrected chi connectivity index (χ0v) is 9.70. The Bertz CT molecular complexity index is 186. The molecule has 0 aliphatic rings. The van der Waals surface area contributed by atoms with E-state index in [1.165, 1.54) is 17.5 Å². The van der Waals surface area contributed by atoms with E-state index in [1.807, 2.05) is 0 Å². The van der Waals surface area contributed by atoms with Gasteiger partial charge in [0.25, 0.3) is 0 Å². The Labute approximate surface area is 105 Å². The van der Waals surface area contributed by atoms with Gasteiger partial charge >= 0.3 is 0 Å². The number of rotatable bonds is 1. The summed E-state index contributed by atoms with van der Waals surface area (Å²) in [6.45, 7) is 0. The van der Waals surface area contributed by atoms with Gasteiger partial charge < -0.3 is 0 Å². The monoisotopic (exact) mass is 184 g/mol. The van der Waals surface area contributed by atoms with Crippen molar-refractivity contribution < 1.29 is 4.79 Å². The van der Waals surface area contributed by atoms with Crippen LogP contribution >= 0.6 is 24.0 Å². The fraction of sp³-hybridized carbons (Fsp3) is 0. The van der Waals surface area contributed by atoms with Crippen LogP contribution in [-0.4, -0.2) is 61.5 Å². The molecular formula is C4H3KNOS2. The third kappa shape index (κ3) is 3.27. The molecule has 0 saturated heterocycles. The average Bonchev–Trinajstić information content (AvgIpc) is 2.12. The number of carbonyl (C=O) groups excluding carboxylic acids is 1. The molecule has 1 heterocycles. The van der Waals surface area contributed by atoms with Crippen LogP contribution in [0.15, 0.2) is 11.7 Å². The zero-order chi connectivity index (χ0) is 5.98. The molecule has 1 radical (unpaired) electrons. The van der Waals surface area contributed by atoms with Gasteiger partial charge in [-0.3, -0.25) is 9.78 Å². The van der Waals surface area contributed by atoms with Crippen molar-refractivity contribution in [1.29, 1.82) is 0 Å². The van der Waals surface area contributed by atoms with Gasteiger partial charge in [0.2, 0.25) is 5.12 Å². The molecule has 1 aromatic heterocycles. The molecule has 5 heteroatoms. The predicted molar refractivity (Wildman–Crippen MR) is 41.2 cm³/mol. The zero-order valence-electron chi connectivity index (χ0n) is 4.87.